The molecule has 130 valence electrons. The van der Waals surface area contributed by atoms with Crippen molar-refractivity contribution in [1.82, 2.24) is 9.55 Å². The van der Waals surface area contributed by atoms with Crippen molar-refractivity contribution < 1.29 is 13.9 Å². The third kappa shape index (κ3) is 2.99. The number of nitrogens with zero attached hydrogens (tertiary/aromatic N) is 2. The van der Waals surface area contributed by atoms with Gasteiger partial charge in [0.15, 0.2) is 12.4 Å². The molecule has 0 saturated carbocycles. The number of oxazole rings is 1. The SMILES string of the molecule is CCn1cc(C(=O)OCc2ncc(-c3ccccc3)o2)c2ccccc21. The van der Waals surface area contributed by atoms with E-state index < -0.39 is 0 Å². The Labute approximate surface area is 150 Å². The Balaban J connectivity index is 1.51. The molecule has 4 aromatic rings. The summed E-state index contributed by atoms with van der Waals surface area (Å²) in [6.45, 7) is 2.82. The van der Waals surface area contributed by atoms with E-state index in [4.69, 9.17) is 9.15 Å². The quantitative estimate of drug-likeness (QED) is 0.493. The highest BCUT2D eigenvalue weighted by molar-refractivity contribution is 6.04. The molecule has 5 heteroatoms. The number of hydrogen-bond acceptors (Lipinski definition) is 4. The Morgan fingerprint density at radius 2 is 1.88 bits per heavy atom. The average molecular weight is 346 g/mol. The standard InChI is InChI=1S/C21H18N2O3/c1-2-23-13-17(16-10-6-7-11-18(16)23)21(24)25-14-20-22-12-19(26-20)15-8-4-3-5-9-15/h3-13H,2,14H2,1H3. The second-order valence-electron chi connectivity index (χ2n) is 5.91. The van der Waals surface area contributed by atoms with Gasteiger partial charge < -0.3 is 13.7 Å². The van der Waals surface area contributed by atoms with E-state index in [1.165, 1.54) is 0 Å². The van der Waals surface area contributed by atoms with Gasteiger partial charge in [0, 0.05) is 29.2 Å². The van der Waals surface area contributed by atoms with Gasteiger partial charge in [-0.25, -0.2) is 9.78 Å². The first-order valence-corrected chi connectivity index (χ1v) is 8.51. The molecule has 0 N–H and O–H groups in total. The molecule has 2 aromatic heterocycles. The van der Waals surface area contributed by atoms with Crippen molar-refractivity contribution in [2.45, 2.75) is 20.1 Å². The van der Waals surface area contributed by atoms with E-state index in [0.717, 1.165) is 23.0 Å². The normalized spacial score (nSPS) is 11.0. The van der Waals surface area contributed by atoms with Gasteiger partial charge in [-0.05, 0) is 13.0 Å². The van der Waals surface area contributed by atoms with E-state index in [9.17, 15) is 4.79 Å². The maximum atomic E-state index is 12.5. The third-order valence-electron chi connectivity index (χ3n) is 4.29. The van der Waals surface area contributed by atoms with Crippen molar-refractivity contribution in [3.63, 3.8) is 0 Å². The van der Waals surface area contributed by atoms with Crippen molar-refractivity contribution >= 4 is 16.9 Å². The molecule has 2 aromatic carbocycles. The third-order valence-corrected chi connectivity index (χ3v) is 4.29. The van der Waals surface area contributed by atoms with Crippen LogP contribution in [0.1, 0.15) is 23.2 Å². The number of hydrogen-bond donors (Lipinski definition) is 0. The van der Waals surface area contributed by atoms with Crippen LogP contribution >= 0.6 is 0 Å². The van der Waals surface area contributed by atoms with Crippen molar-refractivity contribution in [3.8, 4) is 11.3 Å². The van der Waals surface area contributed by atoms with Crippen molar-refractivity contribution in [2.75, 3.05) is 0 Å². The molecule has 0 atom stereocenters. The summed E-state index contributed by atoms with van der Waals surface area (Å²) in [6, 6.07) is 17.5. The van der Waals surface area contributed by atoms with E-state index >= 15 is 0 Å². The molecule has 0 saturated heterocycles. The summed E-state index contributed by atoms with van der Waals surface area (Å²) in [5, 5.41) is 0.886. The summed E-state index contributed by atoms with van der Waals surface area (Å²) >= 11 is 0. The first-order valence-electron chi connectivity index (χ1n) is 8.51. The molecule has 0 spiro atoms. The lowest BCUT2D eigenvalue weighted by Gasteiger charge is -2.01. The van der Waals surface area contributed by atoms with Crippen molar-refractivity contribution in [3.05, 3.63) is 78.4 Å². The number of esters is 1. The van der Waals surface area contributed by atoms with Gasteiger partial charge in [-0.1, -0.05) is 48.5 Å². The lowest BCUT2D eigenvalue weighted by molar-refractivity contribution is 0.0441. The minimum absolute atomic E-state index is 0.00268. The molecule has 26 heavy (non-hydrogen) atoms. The monoisotopic (exact) mass is 346 g/mol. The van der Waals surface area contributed by atoms with Gasteiger partial charge in [0.05, 0.1) is 11.8 Å². The minimum atomic E-state index is -0.382. The zero-order valence-corrected chi connectivity index (χ0v) is 14.4. The number of rotatable bonds is 5. The highest BCUT2D eigenvalue weighted by atomic mass is 16.5. The highest BCUT2D eigenvalue weighted by Gasteiger charge is 2.17. The van der Waals surface area contributed by atoms with Crippen molar-refractivity contribution in [1.29, 1.82) is 0 Å². The summed E-state index contributed by atoms with van der Waals surface area (Å²) in [4.78, 5) is 16.7. The molecule has 0 aliphatic carbocycles. The fourth-order valence-corrected chi connectivity index (χ4v) is 2.99. The van der Waals surface area contributed by atoms with Crippen LogP contribution in [0.3, 0.4) is 0 Å². The summed E-state index contributed by atoms with van der Waals surface area (Å²) in [5.41, 5.74) is 2.50. The largest absolute Gasteiger partial charge is 0.452 e. The van der Waals surface area contributed by atoms with E-state index in [-0.39, 0.29) is 12.6 Å². The number of benzene rings is 2. The molecular formula is C21H18N2O3. The van der Waals surface area contributed by atoms with Crippen molar-refractivity contribution in [2.24, 2.45) is 0 Å². The number of aryl methyl sites for hydroxylation is 1. The van der Waals surface area contributed by atoms with Gasteiger partial charge >= 0.3 is 5.97 Å². The number of carbonyl (C=O) groups excluding carboxylic acids is 1. The first kappa shape index (κ1) is 16.1. The number of para-hydroxylation sites is 1. The summed E-state index contributed by atoms with van der Waals surface area (Å²) in [7, 11) is 0. The number of aromatic nitrogens is 2. The Bertz CT molecular complexity index is 1050. The van der Waals surface area contributed by atoms with Crippen LogP contribution in [-0.4, -0.2) is 15.5 Å². The van der Waals surface area contributed by atoms with E-state index in [2.05, 4.69) is 4.98 Å². The Hall–Kier alpha value is -3.34. The molecule has 0 aliphatic rings. The predicted octanol–water partition coefficient (Wildman–Crippen LogP) is 4.67. The van der Waals surface area contributed by atoms with Crippen LogP contribution in [0, 0.1) is 0 Å². The van der Waals surface area contributed by atoms with Crippen LogP contribution in [0.4, 0.5) is 0 Å². The van der Waals surface area contributed by atoms with Crippen LogP contribution < -0.4 is 0 Å². The van der Waals surface area contributed by atoms with Crippen LogP contribution in [-0.2, 0) is 17.9 Å². The Morgan fingerprint density at radius 3 is 2.69 bits per heavy atom. The zero-order valence-electron chi connectivity index (χ0n) is 14.4. The number of fused-ring (bicyclic) bond motifs is 1. The van der Waals surface area contributed by atoms with Crippen LogP contribution in [0.25, 0.3) is 22.2 Å². The molecule has 0 unspecified atom stereocenters. The number of ether oxygens (including phenoxy) is 1. The topological polar surface area (TPSA) is 57.3 Å². The molecule has 0 bridgehead atoms. The second-order valence-corrected chi connectivity index (χ2v) is 5.91. The van der Waals surface area contributed by atoms with Gasteiger partial charge in [-0.15, -0.1) is 0 Å². The number of carbonyl (C=O) groups is 1. The molecule has 2 heterocycles. The molecular weight excluding hydrogens is 328 g/mol. The molecule has 0 amide bonds. The predicted molar refractivity (Wildman–Crippen MR) is 98.7 cm³/mol. The van der Waals surface area contributed by atoms with Crippen LogP contribution in [0.15, 0.2) is 71.4 Å². The smallest absolute Gasteiger partial charge is 0.340 e. The zero-order chi connectivity index (χ0) is 17.9. The van der Waals surface area contributed by atoms with Crippen LogP contribution in [0.5, 0.6) is 0 Å². The maximum Gasteiger partial charge on any atom is 0.340 e. The minimum Gasteiger partial charge on any atom is -0.452 e. The van der Waals surface area contributed by atoms with E-state index in [1.807, 2.05) is 72.3 Å². The summed E-state index contributed by atoms with van der Waals surface area (Å²) < 4.78 is 13.1. The van der Waals surface area contributed by atoms with Gasteiger partial charge in [-0.3, -0.25) is 0 Å². The fraction of sp³-hybridized carbons (Fsp3) is 0.143. The molecule has 4 rings (SSSR count). The molecule has 0 aliphatic heterocycles. The summed E-state index contributed by atoms with van der Waals surface area (Å²) in [5.74, 6) is 0.642. The van der Waals surface area contributed by atoms with Gasteiger partial charge in [0.2, 0.25) is 5.89 Å². The Morgan fingerprint density at radius 1 is 1.12 bits per heavy atom. The van der Waals surface area contributed by atoms with Crippen LogP contribution in [0.2, 0.25) is 0 Å². The lowest BCUT2D eigenvalue weighted by atomic mass is 10.2. The Kier molecular flexibility index (Phi) is 4.27. The highest BCUT2D eigenvalue weighted by Crippen LogP contribution is 2.23. The second kappa shape index (κ2) is 6.88. The molecule has 0 radical (unpaired) electrons. The fourth-order valence-electron chi connectivity index (χ4n) is 2.99. The molecule has 0 fully saturated rings. The maximum absolute atomic E-state index is 12.5. The van der Waals surface area contributed by atoms with E-state index in [0.29, 0.717) is 17.2 Å². The lowest BCUT2D eigenvalue weighted by Crippen LogP contribution is -2.05. The van der Waals surface area contributed by atoms with Gasteiger partial charge in [-0.2, -0.15) is 0 Å². The van der Waals surface area contributed by atoms with E-state index in [1.54, 1.807) is 6.20 Å². The van der Waals surface area contributed by atoms with Gasteiger partial charge in [0.1, 0.15) is 0 Å². The summed E-state index contributed by atoms with van der Waals surface area (Å²) in [6.07, 6.45) is 3.47. The average Bonchev–Trinajstić information content (AvgIpc) is 3.31. The molecule has 5 nitrogen and oxygen atoms in total. The first-order chi connectivity index (χ1) is 12.8. The van der Waals surface area contributed by atoms with Gasteiger partial charge in [0.25, 0.3) is 0 Å².